The summed E-state index contributed by atoms with van der Waals surface area (Å²) in [6.07, 6.45) is 0. The molecule has 0 aliphatic carbocycles. The third-order valence-electron chi connectivity index (χ3n) is 4.73. The van der Waals surface area contributed by atoms with Gasteiger partial charge in [0, 0.05) is 10.0 Å². The number of hydrogen-bond donors (Lipinski definition) is 2. The maximum atomic E-state index is 12.9. The van der Waals surface area contributed by atoms with Gasteiger partial charge in [0.2, 0.25) is 0 Å². The van der Waals surface area contributed by atoms with Crippen molar-refractivity contribution in [3.05, 3.63) is 104 Å². The molecule has 0 aliphatic heterocycles. The molecule has 0 spiro atoms. The van der Waals surface area contributed by atoms with Crippen LogP contribution in [-0.2, 0) is 0 Å². The summed E-state index contributed by atoms with van der Waals surface area (Å²) in [5, 5.41) is 8.64. The van der Waals surface area contributed by atoms with Crippen LogP contribution in [0.1, 0.15) is 20.7 Å². The second-order valence-electron chi connectivity index (χ2n) is 6.90. The SMILES string of the molecule is O=C(Nc1cc2ccccc2cc1NC(=O)c1cc(Cl)ccc1Cl)c1cc(Cl)ccc1Cl. The molecule has 0 radical (unpaired) electrons. The van der Waals surface area contributed by atoms with Crippen LogP contribution in [0.2, 0.25) is 20.1 Å². The molecule has 4 aromatic rings. The fourth-order valence-electron chi connectivity index (χ4n) is 3.17. The molecule has 0 aromatic heterocycles. The van der Waals surface area contributed by atoms with Gasteiger partial charge in [-0.15, -0.1) is 0 Å². The summed E-state index contributed by atoms with van der Waals surface area (Å²) in [6, 6.07) is 20.3. The lowest BCUT2D eigenvalue weighted by atomic mass is 10.1. The number of halogens is 4. The fourth-order valence-corrected chi connectivity index (χ4v) is 3.92. The second kappa shape index (κ2) is 9.39. The average Bonchev–Trinajstić information content (AvgIpc) is 2.77. The third kappa shape index (κ3) is 4.84. The van der Waals surface area contributed by atoms with Gasteiger partial charge in [-0.05, 0) is 59.3 Å². The Labute approximate surface area is 204 Å². The summed E-state index contributed by atoms with van der Waals surface area (Å²) in [5.41, 5.74) is 1.19. The number of nitrogens with one attached hydrogen (secondary N) is 2. The van der Waals surface area contributed by atoms with Crippen molar-refractivity contribution in [2.45, 2.75) is 0 Å². The van der Waals surface area contributed by atoms with Crippen molar-refractivity contribution in [2.24, 2.45) is 0 Å². The van der Waals surface area contributed by atoms with Crippen molar-refractivity contribution in [3.8, 4) is 0 Å². The topological polar surface area (TPSA) is 58.2 Å². The Morgan fingerprint density at radius 2 is 0.969 bits per heavy atom. The van der Waals surface area contributed by atoms with E-state index in [1.165, 1.54) is 12.1 Å². The minimum Gasteiger partial charge on any atom is -0.320 e. The predicted molar refractivity (Wildman–Crippen MR) is 133 cm³/mol. The average molecular weight is 504 g/mol. The summed E-state index contributed by atoms with van der Waals surface area (Å²) in [7, 11) is 0. The van der Waals surface area contributed by atoms with Crippen molar-refractivity contribution in [2.75, 3.05) is 10.6 Å². The van der Waals surface area contributed by atoms with Gasteiger partial charge in [-0.3, -0.25) is 9.59 Å². The lowest BCUT2D eigenvalue weighted by Crippen LogP contribution is -2.17. The molecule has 2 N–H and O–H groups in total. The molecular weight excluding hydrogens is 490 g/mol. The van der Waals surface area contributed by atoms with E-state index in [1.54, 1.807) is 36.4 Å². The molecule has 0 aliphatic rings. The van der Waals surface area contributed by atoms with E-state index in [-0.39, 0.29) is 21.2 Å². The molecule has 4 rings (SSSR count). The van der Waals surface area contributed by atoms with E-state index in [2.05, 4.69) is 10.6 Å². The van der Waals surface area contributed by atoms with Crippen molar-refractivity contribution in [3.63, 3.8) is 0 Å². The highest BCUT2D eigenvalue weighted by Crippen LogP contribution is 2.31. The molecule has 4 nitrogen and oxygen atoms in total. The van der Waals surface area contributed by atoms with Gasteiger partial charge in [0.25, 0.3) is 11.8 Å². The van der Waals surface area contributed by atoms with E-state index in [0.717, 1.165) is 10.8 Å². The predicted octanol–water partition coefficient (Wildman–Crippen LogP) is 7.96. The Bertz CT molecular complexity index is 1270. The minimum atomic E-state index is -0.468. The number of carbonyl (C=O) groups is 2. The monoisotopic (exact) mass is 502 g/mol. The molecule has 0 fully saturated rings. The first kappa shape index (κ1) is 22.4. The van der Waals surface area contributed by atoms with Gasteiger partial charge < -0.3 is 10.6 Å². The van der Waals surface area contributed by atoms with Crippen molar-refractivity contribution in [1.29, 1.82) is 0 Å². The standard InChI is InChI=1S/C24H14Cl4N2O2/c25-15-5-7-19(27)17(11-15)23(31)29-21-9-13-3-1-2-4-14(13)10-22(21)30-24(32)18-12-16(26)6-8-20(18)28/h1-12H,(H,29,31)(H,30,32). The highest BCUT2D eigenvalue weighted by atomic mass is 35.5. The maximum Gasteiger partial charge on any atom is 0.257 e. The zero-order chi connectivity index (χ0) is 22.8. The van der Waals surface area contributed by atoms with Crippen LogP contribution in [0.15, 0.2) is 72.8 Å². The van der Waals surface area contributed by atoms with Gasteiger partial charge in [-0.1, -0.05) is 70.7 Å². The summed E-state index contributed by atoms with van der Waals surface area (Å²) < 4.78 is 0. The van der Waals surface area contributed by atoms with Crippen LogP contribution in [0, 0.1) is 0 Å². The van der Waals surface area contributed by atoms with Crippen LogP contribution in [0.3, 0.4) is 0 Å². The minimum absolute atomic E-state index is 0.211. The van der Waals surface area contributed by atoms with Gasteiger partial charge >= 0.3 is 0 Å². The molecule has 0 saturated heterocycles. The van der Waals surface area contributed by atoms with Crippen molar-refractivity contribution in [1.82, 2.24) is 0 Å². The zero-order valence-corrected chi connectivity index (χ0v) is 19.3. The first-order valence-electron chi connectivity index (χ1n) is 9.37. The third-order valence-corrected chi connectivity index (χ3v) is 5.86. The number of amides is 2. The number of anilines is 2. The van der Waals surface area contributed by atoms with E-state index >= 15 is 0 Å². The normalized spacial score (nSPS) is 10.8. The molecule has 32 heavy (non-hydrogen) atoms. The van der Waals surface area contributed by atoms with Gasteiger partial charge in [0.1, 0.15) is 0 Å². The van der Waals surface area contributed by atoms with Crippen LogP contribution < -0.4 is 10.6 Å². The fraction of sp³-hybridized carbons (Fsp3) is 0. The Kier molecular flexibility index (Phi) is 6.58. The molecule has 0 unspecified atom stereocenters. The van der Waals surface area contributed by atoms with E-state index in [9.17, 15) is 9.59 Å². The summed E-state index contributed by atoms with van der Waals surface area (Å²) in [5.74, 6) is -0.937. The molecule has 4 aromatic carbocycles. The van der Waals surface area contributed by atoms with Gasteiger partial charge in [-0.2, -0.15) is 0 Å². The smallest absolute Gasteiger partial charge is 0.257 e. The van der Waals surface area contributed by atoms with Gasteiger partial charge in [0.05, 0.1) is 32.5 Å². The van der Waals surface area contributed by atoms with Crippen molar-refractivity contribution >= 4 is 80.4 Å². The molecule has 0 bridgehead atoms. The summed E-state index contributed by atoms with van der Waals surface area (Å²) in [4.78, 5) is 25.8. The first-order valence-corrected chi connectivity index (χ1v) is 10.9. The number of rotatable bonds is 4. The van der Waals surface area contributed by atoms with E-state index in [4.69, 9.17) is 46.4 Å². The highest BCUT2D eigenvalue weighted by molar-refractivity contribution is 6.37. The van der Waals surface area contributed by atoms with E-state index in [1.807, 2.05) is 24.3 Å². The molecule has 0 saturated carbocycles. The molecule has 0 atom stereocenters. The lowest BCUT2D eigenvalue weighted by Gasteiger charge is -2.15. The number of fused-ring (bicyclic) bond motifs is 1. The Balaban J connectivity index is 1.73. The van der Waals surface area contributed by atoms with Crippen LogP contribution in [-0.4, -0.2) is 11.8 Å². The van der Waals surface area contributed by atoms with Crippen LogP contribution in [0.25, 0.3) is 10.8 Å². The first-order chi connectivity index (χ1) is 15.3. The Hall–Kier alpha value is -2.76. The zero-order valence-electron chi connectivity index (χ0n) is 16.3. The van der Waals surface area contributed by atoms with Crippen LogP contribution >= 0.6 is 46.4 Å². The molecule has 160 valence electrons. The largest absolute Gasteiger partial charge is 0.320 e. The quantitative estimate of drug-likeness (QED) is 0.296. The van der Waals surface area contributed by atoms with Crippen LogP contribution in [0.5, 0.6) is 0 Å². The maximum absolute atomic E-state index is 12.9. The van der Waals surface area contributed by atoms with Gasteiger partial charge in [-0.25, -0.2) is 0 Å². The highest BCUT2D eigenvalue weighted by Gasteiger charge is 2.17. The number of benzene rings is 4. The molecule has 8 heteroatoms. The summed E-state index contributed by atoms with van der Waals surface area (Å²) in [6.45, 7) is 0. The lowest BCUT2D eigenvalue weighted by molar-refractivity contribution is 0.101. The van der Waals surface area contributed by atoms with E-state index in [0.29, 0.717) is 21.4 Å². The Morgan fingerprint density at radius 3 is 1.38 bits per heavy atom. The van der Waals surface area contributed by atoms with Crippen molar-refractivity contribution < 1.29 is 9.59 Å². The van der Waals surface area contributed by atoms with Gasteiger partial charge in [0.15, 0.2) is 0 Å². The summed E-state index contributed by atoms with van der Waals surface area (Å²) >= 11 is 24.4. The van der Waals surface area contributed by atoms with E-state index < -0.39 is 11.8 Å². The number of hydrogen-bond acceptors (Lipinski definition) is 2. The molecular formula is C24H14Cl4N2O2. The van der Waals surface area contributed by atoms with Crippen LogP contribution in [0.4, 0.5) is 11.4 Å². The Morgan fingerprint density at radius 1 is 0.562 bits per heavy atom. The number of carbonyl (C=O) groups excluding carboxylic acids is 2. The molecule has 0 heterocycles. The second-order valence-corrected chi connectivity index (χ2v) is 8.59. The molecule has 2 amide bonds.